The molecule has 0 aromatic heterocycles. The van der Waals surface area contributed by atoms with Crippen molar-refractivity contribution in [1.29, 1.82) is 0 Å². The van der Waals surface area contributed by atoms with E-state index in [4.69, 9.17) is 0 Å². The van der Waals surface area contributed by atoms with Crippen LogP contribution in [0.4, 0.5) is 0 Å². The smallest absolute Gasteiger partial charge is 0.194 e. The Hall–Kier alpha value is -0.0200. The second-order valence-corrected chi connectivity index (χ2v) is 4.40. The lowest BCUT2D eigenvalue weighted by Crippen LogP contribution is -2.28. The Morgan fingerprint density at radius 1 is 1.64 bits per heavy atom. The first-order chi connectivity index (χ1) is 5.13. The molecule has 1 aliphatic heterocycles. The Bertz CT molecular complexity index is 156. The van der Waals surface area contributed by atoms with Crippen molar-refractivity contribution in [2.24, 2.45) is 11.8 Å². The van der Waals surface area contributed by atoms with Crippen molar-refractivity contribution in [2.45, 2.75) is 26.4 Å². The number of hydrogen-bond donors (Lipinski definition) is 1. The molecule has 0 aromatic rings. The Kier molecular flexibility index (Phi) is 2.96. The average Bonchev–Trinajstić information content (AvgIpc) is 2.33. The van der Waals surface area contributed by atoms with Gasteiger partial charge in [-0.1, -0.05) is 25.6 Å². The van der Waals surface area contributed by atoms with Crippen LogP contribution in [-0.4, -0.2) is 22.1 Å². The highest BCUT2D eigenvalue weighted by Crippen LogP contribution is 2.30. The maximum atomic E-state index is 11.1. The van der Waals surface area contributed by atoms with E-state index in [-0.39, 0.29) is 17.0 Å². The second kappa shape index (κ2) is 3.59. The van der Waals surface area contributed by atoms with Crippen LogP contribution in [0.15, 0.2) is 0 Å². The summed E-state index contributed by atoms with van der Waals surface area (Å²) in [5.74, 6) is 0.982. The van der Waals surface area contributed by atoms with Crippen LogP contribution in [0.3, 0.4) is 0 Å². The van der Waals surface area contributed by atoms with Crippen molar-refractivity contribution in [3.8, 4) is 0 Å². The highest BCUT2D eigenvalue weighted by molar-refractivity contribution is 8.14. The van der Waals surface area contributed by atoms with E-state index >= 15 is 0 Å². The molecule has 1 aliphatic rings. The van der Waals surface area contributed by atoms with Gasteiger partial charge in [0.1, 0.15) is 0 Å². The van der Waals surface area contributed by atoms with E-state index in [1.807, 2.05) is 13.8 Å². The van der Waals surface area contributed by atoms with Crippen LogP contribution in [0.5, 0.6) is 0 Å². The van der Waals surface area contributed by atoms with Crippen LogP contribution in [-0.2, 0) is 4.79 Å². The van der Waals surface area contributed by atoms with Crippen molar-refractivity contribution in [1.82, 2.24) is 0 Å². The number of aliphatic hydroxyl groups excluding tert-OH is 1. The van der Waals surface area contributed by atoms with Crippen molar-refractivity contribution in [3.05, 3.63) is 0 Å². The van der Waals surface area contributed by atoms with Crippen molar-refractivity contribution in [3.63, 3.8) is 0 Å². The van der Waals surface area contributed by atoms with Gasteiger partial charge in [-0.25, -0.2) is 0 Å². The zero-order chi connectivity index (χ0) is 8.43. The van der Waals surface area contributed by atoms with E-state index in [1.54, 1.807) is 0 Å². The quantitative estimate of drug-likeness (QED) is 0.685. The summed E-state index contributed by atoms with van der Waals surface area (Å²) in [6.07, 6.45) is 0.417. The van der Waals surface area contributed by atoms with Gasteiger partial charge in [-0.05, 0) is 12.3 Å². The summed E-state index contributed by atoms with van der Waals surface area (Å²) in [5, 5.41) is 9.73. The second-order valence-electron chi connectivity index (χ2n) is 3.30. The van der Waals surface area contributed by atoms with Crippen LogP contribution < -0.4 is 0 Å². The summed E-state index contributed by atoms with van der Waals surface area (Å²) >= 11 is 1.35. The summed E-state index contributed by atoms with van der Waals surface area (Å²) in [6, 6.07) is 0. The zero-order valence-electron chi connectivity index (χ0n) is 6.91. The Morgan fingerprint density at radius 3 is 2.64 bits per heavy atom. The van der Waals surface area contributed by atoms with E-state index in [0.717, 1.165) is 12.2 Å². The average molecular weight is 174 g/mol. The fourth-order valence-electron chi connectivity index (χ4n) is 1.29. The van der Waals surface area contributed by atoms with Crippen molar-refractivity contribution in [2.75, 3.05) is 5.75 Å². The lowest BCUT2D eigenvalue weighted by Gasteiger charge is -2.18. The van der Waals surface area contributed by atoms with Crippen LogP contribution in [0.1, 0.15) is 20.3 Å². The molecule has 1 heterocycles. The molecule has 1 N–H and O–H groups in total. The van der Waals surface area contributed by atoms with Gasteiger partial charge in [0.2, 0.25) is 0 Å². The Labute approximate surface area is 71.4 Å². The minimum atomic E-state index is -0.433. The first-order valence-corrected chi connectivity index (χ1v) is 4.96. The number of rotatable bonds is 2. The number of carbonyl (C=O) groups is 1. The molecule has 0 bridgehead atoms. The SMILES string of the molecule is CC(C)[C@@H](O)[C@@H]1CCSC1=O. The number of hydrogen-bond acceptors (Lipinski definition) is 3. The molecule has 0 radical (unpaired) electrons. The van der Waals surface area contributed by atoms with Gasteiger partial charge in [-0.2, -0.15) is 0 Å². The van der Waals surface area contributed by atoms with Gasteiger partial charge in [-0.3, -0.25) is 4.79 Å². The maximum absolute atomic E-state index is 11.1. The van der Waals surface area contributed by atoms with E-state index in [0.29, 0.717) is 0 Å². The Balaban J connectivity index is 2.52. The number of aliphatic hydroxyl groups is 1. The third kappa shape index (κ3) is 1.97. The molecule has 0 aliphatic carbocycles. The predicted octanol–water partition coefficient (Wildman–Crippen LogP) is 1.28. The van der Waals surface area contributed by atoms with Crippen molar-refractivity contribution >= 4 is 16.9 Å². The largest absolute Gasteiger partial charge is 0.392 e. The normalized spacial score (nSPS) is 28.0. The molecule has 64 valence electrons. The van der Waals surface area contributed by atoms with E-state index in [2.05, 4.69) is 0 Å². The minimum absolute atomic E-state index is 0.0972. The summed E-state index contributed by atoms with van der Waals surface area (Å²) in [6.45, 7) is 3.89. The fraction of sp³-hybridized carbons (Fsp3) is 0.875. The van der Waals surface area contributed by atoms with E-state index < -0.39 is 6.10 Å². The van der Waals surface area contributed by atoms with Gasteiger partial charge < -0.3 is 5.11 Å². The van der Waals surface area contributed by atoms with Gasteiger partial charge in [0.15, 0.2) is 5.12 Å². The molecule has 0 aromatic carbocycles. The summed E-state index contributed by atoms with van der Waals surface area (Å²) < 4.78 is 0. The molecule has 2 atom stereocenters. The molecule has 0 unspecified atom stereocenters. The summed E-state index contributed by atoms with van der Waals surface area (Å²) in [4.78, 5) is 11.1. The highest BCUT2D eigenvalue weighted by Gasteiger charge is 2.33. The van der Waals surface area contributed by atoms with Gasteiger partial charge in [0.05, 0.1) is 12.0 Å². The molecule has 0 saturated carbocycles. The van der Waals surface area contributed by atoms with Crippen LogP contribution >= 0.6 is 11.8 Å². The summed E-state index contributed by atoms with van der Waals surface area (Å²) in [7, 11) is 0. The predicted molar refractivity (Wildman–Crippen MR) is 46.4 cm³/mol. The van der Waals surface area contributed by atoms with E-state index in [9.17, 15) is 9.90 Å². The molecule has 1 fully saturated rings. The van der Waals surface area contributed by atoms with Gasteiger partial charge in [0.25, 0.3) is 0 Å². The van der Waals surface area contributed by atoms with Crippen molar-refractivity contribution < 1.29 is 9.90 Å². The lowest BCUT2D eigenvalue weighted by atomic mass is 9.93. The minimum Gasteiger partial charge on any atom is -0.392 e. The third-order valence-electron chi connectivity index (χ3n) is 2.07. The Morgan fingerprint density at radius 2 is 2.27 bits per heavy atom. The topological polar surface area (TPSA) is 37.3 Å². The van der Waals surface area contributed by atoms with Crippen LogP contribution in [0.2, 0.25) is 0 Å². The molecular weight excluding hydrogens is 160 g/mol. The first kappa shape index (κ1) is 9.07. The van der Waals surface area contributed by atoms with Gasteiger partial charge in [0, 0.05) is 5.75 Å². The monoisotopic (exact) mass is 174 g/mol. The maximum Gasteiger partial charge on any atom is 0.194 e. The van der Waals surface area contributed by atoms with Crippen LogP contribution in [0.25, 0.3) is 0 Å². The number of thioether (sulfide) groups is 1. The standard InChI is InChI=1S/C8H14O2S/c1-5(2)7(9)6-3-4-11-8(6)10/h5-7,9H,3-4H2,1-2H3/t6-,7+/m0/s1. The van der Waals surface area contributed by atoms with E-state index in [1.165, 1.54) is 11.8 Å². The molecule has 3 heteroatoms. The molecule has 1 saturated heterocycles. The zero-order valence-corrected chi connectivity index (χ0v) is 7.73. The molecular formula is C8H14O2S. The molecule has 0 spiro atoms. The molecule has 1 rings (SSSR count). The molecule has 0 amide bonds. The summed E-state index contributed by atoms with van der Waals surface area (Å²) in [5.41, 5.74) is 0. The van der Waals surface area contributed by atoms with Gasteiger partial charge in [-0.15, -0.1) is 0 Å². The lowest BCUT2D eigenvalue weighted by molar-refractivity contribution is -0.117. The third-order valence-corrected chi connectivity index (χ3v) is 3.10. The number of carbonyl (C=O) groups excluding carboxylic acids is 1. The van der Waals surface area contributed by atoms with Gasteiger partial charge >= 0.3 is 0 Å². The molecule has 2 nitrogen and oxygen atoms in total. The fourth-order valence-corrected chi connectivity index (χ4v) is 2.33. The van der Waals surface area contributed by atoms with Crippen LogP contribution in [0, 0.1) is 11.8 Å². The highest BCUT2D eigenvalue weighted by atomic mass is 32.2. The first-order valence-electron chi connectivity index (χ1n) is 3.97. The molecule has 11 heavy (non-hydrogen) atoms.